The number of ether oxygens (including phenoxy) is 1. The largest absolute Gasteiger partial charge is 0.483 e. The number of nitrogens with zero attached hydrogens (tertiary/aromatic N) is 1. The molecular weight excluding hydrogens is 681 g/mol. The molecule has 228 valence electrons. The highest BCUT2D eigenvalue weighted by atomic mass is 79.9. The van der Waals surface area contributed by atoms with Gasteiger partial charge >= 0.3 is 4.87 Å². The molecule has 3 amide bonds. The van der Waals surface area contributed by atoms with Gasteiger partial charge in [-0.05, 0) is 78.8 Å². The average Bonchev–Trinajstić information content (AvgIpc) is 3.77. The fourth-order valence-corrected chi connectivity index (χ4v) is 11.1. The van der Waals surface area contributed by atoms with E-state index in [2.05, 4.69) is 26.2 Å². The molecule has 2 bridgehead atoms. The maximum absolute atomic E-state index is 14.0. The molecule has 1 aromatic heterocycles. The van der Waals surface area contributed by atoms with Gasteiger partial charge in [-0.2, -0.15) is 0 Å². The molecule has 2 aliphatic carbocycles. The van der Waals surface area contributed by atoms with Crippen LogP contribution >= 0.6 is 39.0 Å². The third-order valence-corrected chi connectivity index (χ3v) is 12.7. The van der Waals surface area contributed by atoms with Gasteiger partial charge in [-0.1, -0.05) is 45.5 Å². The van der Waals surface area contributed by atoms with Gasteiger partial charge in [0.15, 0.2) is 6.61 Å². The van der Waals surface area contributed by atoms with Gasteiger partial charge in [0.2, 0.25) is 11.8 Å². The molecule has 0 spiro atoms. The normalized spacial score (nSPS) is 27.7. The molecule has 45 heavy (non-hydrogen) atoms. The maximum Gasteiger partial charge on any atom is 0.305 e. The molecule has 2 saturated carbocycles. The number of fused-ring (bicyclic) bond motifs is 9. The Morgan fingerprint density at radius 2 is 1.69 bits per heavy atom. The molecule has 4 unspecified atom stereocenters. The molecule has 3 aromatic carbocycles. The van der Waals surface area contributed by atoms with Gasteiger partial charge in [0.25, 0.3) is 5.91 Å². The number of carbonyl (C=O) groups excluding carboxylic acids is 3. The van der Waals surface area contributed by atoms with E-state index < -0.39 is 23.6 Å². The summed E-state index contributed by atoms with van der Waals surface area (Å²) in [5.41, 5.74) is 1.87. The van der Waals surface area contributed by atoms with Crippen LogP contribution in [-0.4, -0.2) is 34.6 Å². The lowest BCUT2D eigenvalue weighted by molar-refractivity contribution is -0.123. The summed E-state index contributed by atoms with van der Waals surface area (Å²) in [6.45, 7) is -0.272. The van der Waals surface area contributed by atoms with E-state index in [-0.39, 0.29) is 52.2 Å². The van der Waals surface area contributed by atoms with E-state index in [0.717, 1.165) is 26.4 Å². The molecule has 2 N–H and O–H groups in total. The molecule has 12 heteroatoms. The number of thiazole rings is 1. The van der Waals surface area contributed by atoms with Gasteiger partial charge in [0.1, 0.15) is 11.6 Å². The average molecular weight is 707 g/mol. The van der Waals surface area contributed by atoms with Crippen LogP contribution in [0, 0.1) is 35.4 Å². The third kappa shape index (κ3) is 4.68. The van der Waals surface area contributed by atoms with Gasteiger partial charge in [-0.25, -0.2) is 4.39 Å². The first-order chi connectivity index (χ1) is 21.8. The van der Waals surface area contributed by atoms with Gasteiger partial charge in [-0.15, -0.1) is 11.8 Å². The number of aromatic amines is 1. The van der Waals surface area contributed by atoms with Crippen LogP contribution in [0.2, 0.25) is 0 Å². The fourth-order valence-electron chi connectivity index (χ4n) is 7.95. The minimum atomic E-state index is -0.428. The Balaban J connectivity index is 1.12. The van der Waals surface area contributed by atoms with E-state index in [1.165, 1.54) is 40.5 Å². The summed E-state index contributed by atoms with van der Waals surface area (Å²) in [7, 11) is 0. The monoisotopic (exact) mass is 705 g/mol. The Labute approximate surface area is 273 Å². The minimum Gasteiger partial charge on any atom is -0.483 e. The van der Waals surface area contributed by atoms with Crippen LogP contribution in [0.3, 0.4) is 0 Å². The zero-order valence-corrected chi connectivity index (χ0v) is 26.7. The van der Waals surface area contributed by atoms with Crippen molar-refractivity contribution in [2.75, 3.05) is 16.8 Å². The molecule has 0 radical (unpaired) electrons. The van der Waals surface area contributed by atoms with Crippen LogP contribution in [0.5, 0.6) is 5.75 Å². The second-order valence-electron chi connectivity index (χ2n) is 11.8. The first kappa shape index (κ1) is 28.7. The Hall–Kier alpha value is -3.74. The molecule has 4 aliphatic rings. The van der Waals surface area contributed by atoms with E-state index in [1.54, 1.807) is 23.9 Å². The number of halogens is 2. The SMILES string of the molecule is O=C(COc1ccccc1[C@H]1c2sc(=O)[nH]c2SC2C1[C@H]1C[C@@H]2C2C(=O)N(c3ccc(Br)cc3)C(=O)C21)Nc1ccc(F)cc1. The Morgan fingerprint density at radius 1 is 0.978 bits per heavy atom. The van der Waals surface area contributed by atoms with E-state index in [1.807, 2.05) is 36.4 Å². The molecule has 8 nitrogen and oxygen atoms in total. The molecule has 1 saturated heterocycles. The van der Waals surface area contributed by atoms with Crippen LogP contribution < -0.4 is 19.8 Å². The number of benzene rings is 3. The van der Waals surface area contributed by atoms with Crippen molar-refractivity contribution in [3.05, 3.63) is 103 Å². The van der Waals surface area contributed by atoms with Crippen LogP contribution in [0.4, 0.5) is 15.8 Å². The smallest absolute Gasteiger partial charge is 0.305 e. The summed E-state index contributed by atoms with van der Waals surface area (Å²) in [5.74, 6) is -1.74. The van der Waals surface area contributed by atoms with Crippen molar-refractivity contribution < 1.29 is 23.5 Å². The summed E-state index contributed by atoms with van der Waals surface area (Å²) in [5, 5.41) is 3.54. The summed E-state index contributed by atoms with van der Waals surface area (Å²) in [6, 6.07) is 20.2. The lowest BCUT2D eigenvalue weighted by Crippen LogP contribution is -2.42. The highest BCUT2D eigenvalue weighted by Gasteiger charge is 2.69. The number of thioether (sulfide) groups is 1. The number of hydrogen-bond donors (Lipinski definition) is 2. The predicted octanol–water partition coefficient (Wildman–Crippen LogP) is 6.03. The Bertz CT molecular complexity index is 1910. The summed E-state index contributed by atoms with van der Waals surface area (Å²) < 4.78 is 20.3. The Kier molecular flexibility index (Phi) is 6.99. The number of rotatable bonds is 6. The van der Waals surface area contributed by atoms with Crippen molar-refractivity contribution in [1.82, 2.24) is 4.98 Å². The van der Waals surface area contributed by atoms with Crippen molar-refractivity contribution in [2.45, 2.75) is 22.6 Å². The number of aromatic nitrogens is 1. The van der Waals surface area contributed by atoms with Crippen LogP contribution in [0.15, 0.2) is 87.1 Å². The summed E-state index contributed by atoms with van der Waals surface area (Å²) in [6.07, 6.45) is 0.766. The zero-order chi connectivity index (χ0) is 31.0. The van der Waals surface area contributed by atoms with Crippen molar-refractivity contribution in [3.63, 3.8) is 0 Å². The first-order valence-electron chi connectivity index (χ1n) is 14.6. The van der Waals surface area contributed by atoms with Gasteiger partial charge in [0, 0.05) is 31.8 Å². The molecule has 8 rings (SSSR count). The number of nitrogens with one attached hydrogen (secondary N) is 2. The number of imide groups is 1. The van der Waals surface area contributed by atoms with Crippen molar-refractivity contribution in [3.8, 4) is 5.75 Å². The lowest BCUT2D eigenvalue weighted by atomic mass is 9.68. The molecule has 3 heterocycles. The number of anilines is 2. The molecule has 7 atom stereocenters. The second-order valence-corrected chi connectivity index (χ2v) is 14.9. The second kappa shape index (κ2) is 11.0. The maximum atomic E-state index is 14.0. The topological polar surface area (TPSA) is 109 Å². The third-order valence-electron chi connectivity index (χ3n) is 9.55. The predicted molar refractivity (Wildman–Crippen MR) is 172 cm³/mol. The highest BCUT2D eigenvalue weighted by Crippen LogP contribution is 2.69. The molecular formula is C33H25BrFN3O5S2. The number of para-hydroxylation sites is 1. The number of amides is 3. The summed E-state index contributed by atoms with van der Waals surface area (Å²) in [4.78, 5) is 58.4. The molecule has 2 aliphatic heterocycles. The standard InChI is InChI=1S/C33H25BrFN3O5S2/c34-15-5-11-18(12-6-15)38-31(40)26-20-13-21(27(26)32(38)41)28-25(20)24(29-30(44-28)37-33(42)45-29)19-3-1-2-4-22(19)43-14-23(39)36-17-9-7-16(35)8-10-17/h1-12,20-21,24-28H,13-14H2,(H,36,39)(H,37,42)/t20-,21-,24-,25?,26?,27?,28?/m1/s1. The quantitative estimate of drug-likeness (QED) is 0.237. The van der Waals surface area contributed by atoms with E-state index in [9.17, 15) is 23.6 Å². The zero-order valence-electron chi connectivity index (χ0n) is 23.4. The molecule has 4 aromatic rings. The Morgan fingerprint density at radius 3 is 2.44 bits per heavy atom. The van der Waals surface area contributed by atoms with Crippen LogP contribution in [-0.2, 0) is 14.4 Å². The van der Waals surface area contributed by atoms with Crippen molar-refractivity contribution in [1.29, 1.82) is 0 Å². The van der Waals surface area contributed by atoms with Gasteiger partial charge < -0.3 is 15.0 Å². The minimum absolute atomic E-state index is 0.0134. The van der Waals surface area contributed by atoms with Gasteiger partial charge in [0.05, 0.1) is 22.5 Å². The van der Waals surface area contributed by atoms with Crippen LogP contribution in [0.1, 0.15) is 22.8 Å². The van der Waals surface area contributed by atoms with Gasteiger partial charge in [-0.3, -0.25) is 24.1 Å². The van der Waals surface area contributed by atoms with E-state index >= 15 is 0 Å². The fraction of sp³-hybridized carbons (Fsp3) is 0.273. The van der Waals surface area contributed by atoms with Crippen molar-refractivity contribution in [2.24, 2.45) is 29.6 Å². The number of H-pyrrole nitrogens is 1. The van der Waals surface area contributed by atoms with Crippen molar-refractivity contribution >= 4 is 68.1 Å². The first-order valence-corrected chi connectivity index (χ1v) is 17.1. The summed E-state index contributed by atoms with van der Waals surface area (Å²) >= 11 is 6.22. The number of carbonyl (C=O) groups is 3. The molecule has 3 fully saturated rings. The van der Waals surface area contributed by atoms with Crippen LogP contribution in [0.25, 0.3) is 0 Å². The number of hydrogen-bond acceptors (Lipinski definition) is 7. The van der Waals surface area contributed by atoms with E-state index in [0.29, 0.717) is 17.1 Å². The lowest BCUT2D eigenvalue weighted by Gasteiger charge is -2.43. The highest BCUT2D eigenvalue weighted by molar-refractivity contribution is 9.10. The van der Waals surface area contributed by atoms with E-state index in [4.69, 9.17) is 4.74 Å².